The second-order valence-corrected chi connectivity index (χ2v) is 5.66. The van der Waals surface area contributed by atoms with Gasteiger partial charge in [-0.15, -0.1) is 0 Å². The Bertz CT molecular complexity index is 603. The molecule has 0 aliphatic carbocycles. The molecule has 0 saturated carbocycles. The fraction of sp³-hybridized carbons (Fsp3) is 0.250. The van der Waals surface area contributed by atoms with Crippen molar-refractivity contribution in [1.29, 1.82) is 0 Å². The van der Waals surface area contributed by atoms with Gasteiger partial charge in [-0.25, -0.2) is 4.39 Å². The molecule has 0 saturated heterocycles. The lowest BCUT2D eigenvalue weighted by atomic mass is 10.0. The van der Waals surface area contributed by atoms with Gasteiger partial charge in [-0.2, -0.15) is 0 Å². The molecule has 0 aromatic heterocycles. The molecule has 2 nitrogen and oxygen atoms in total. The summed E-state index contributed by atoms with van der Waals surface area (Å²) >= 11 is 3.39. The van der Waals surface area contributed by atoms with Crippen LogP contribution in [-0.2, 0) is 6.61 Å². The zero-order chi connectivity index (χ0) is 14.7. The summed E-state index contributed by atoms with van der Waals surface area (Å²) in [5.74, 6) is -0.213. The van der Waals surface area contributed by atoms with Crippen LogP contribution in [0.1, 0.15) is 24.1 Å². The van der Waals surface area contributed by atoms with Gasteiger partial charge in [-0.3, -0.25) is 0 Å². The van der Waals surface area contributed by atoms with Crippen LogP contribution < -0.4 is 4.90 Å². The van der Waals surface area contributed by atoms with Crippen LogP contribution in [0.15, 0.2) is 46.9 Å². The zero-order valence-corrected chi connectivity index (χ0v) is 13.1. The normalized spacial score (nSPS) is 12.2. The highest BCUT2D eigenvalue weighted by Crippen LogP contribution is 2.31. The highest BCUT2D eigenvalue weighted by atomic mass is 79.9. The molecule has 1 N–H and O–H groups in total. The number of aliphatic hydroxyl groups is 1. The Morgan fingerprint density at radius 3 is 2.60 bits per heavy atom. The van der Waals surface area contributed by atoms with E-state index >= 15 is 0 Å². The van der Waals surface area contributed by atoms with Crippen molar-refractivity contribution in [2.45, 2.75) is 19.6 Å². The van der Waals surface area contributed by atoms with E-state index in [9.17, 15) is 9.50 Å². The van der Waals surface area contributed by atoms with Gasteiger partial charge in [0.2, 0.25) is 0 Å². The standard InChI is InChI=1S/C16H17BrFNO/c1-11(14-5-3-4-6-15(14)18)19(2)16-8-7-13(17)9-12(16)10-20/h3-9,11,20H,10H2,1-2H3. The van der Waals surface area contributed by atoms with Crippen LogP contribution in [0, 0.1) is 5.82 Å². The van der Waals surface area contributed by atoms with E-state index in [1.54, 1.807) is 12.1 Å². The molecule has 0 aliphatic rings. The van der Waals surface area contributed by atoms with Gasteiger partial charge in [0.15, 0.2) is 0 Å². The lowest BCUT2D eigenvalue weighted by Gasteiger charge is -2.29. The lowest BCUT2D eigenvalue weighted by Crippen LogP contribution is -2.23. The second kappa shape index (κ2) is 6.37. The zero-order valence-electron chi connectivity index (χ0n) is 11.5. The van der Waals surface area contributed by atoms with Gasteiger partial charge in [0, 0.05) is 28.3 Å². The van der Waals surface area contributed by atoms with Gasteiger partial charge in [0.25, 0.3) is 0 Å². The first-order chi connectivity index (χ1) is 9.54. The summed E-state index contributed by atoms with van der Waals surface area (Å²) in [6, 6.07) is 12.4. The smallest absolute Gasteiger partial charge is 0.128 e. The minimum atomic E-state index is -0.213. The number of halogens is 2. The van der Waals surface area contributed by atoms with Gasteiger partial charge in [-0.05, 0) is 31.2 Å². The summed E-state index contributed by atoms with van der Waals surface area (Å²) < 4.78 is 14.8. The lowest BCUT2D eigenvalue weighted by molar-refractivity contribution is 0.282. The van der Waals surface area contributed by atoms with E-state index in [1.165, 1.54) is 6.07 Å². The van der Waals surface area contributed by atoms with Gasteiger partial charge in [-0.1, -0.05) is 34.1 Å². The van der Waals surface area contributed by atoms with Crippen LogP contribution in [0.2, 0.25) is 0 Å². The van der Waals surface area contributed by atoms with Crippen LogP contribution >= 0.6 is 15.9 Å². The Balaban J connectivity index is 2.36. The van der Waals surface area contributed by atoms with Crippen LogP contribution in [0.25, 0.3) is 0 Å². The maximum absolute atomic E-state index is 13.9. The molecule has 1 unspecified atom stereocenters. The average Bonchev–Trinajstić information content (AvgIpc) is 2.46. The molecule has 2 aromatic carbocycles. The van der Waals surface area contributed by atoms with Gasteiger partial charge in [0.05, 0.1) is 12.6 Å². The van der Waals surface area contributed by atoms with E-state index in [0.29, 0.717) is 5.56 Å². The van der Waals surface area contributed by atoms with E-state index in [-0.39, 0.29) is 18.5 Å². The van der Waals surface area contributed by atoms with E-state index in [1.807, 2.05) is 43.1 Å². The fourth-order valence-electron chi connectivity index (χ4n) is 2.26. The summed E-state index contributed by atoms with van der Waals surface area (Å²) in [6.07, 6.45) is 0. The molecule has 0 bridgehead atoms. The molecule has 20 heavy (non-hydrogen) atoms. The molecule has 0 amide bonds. The molecule has 2 aromatic rings. The molecule has 2 rings (SSSR count). The first-order valence-electron chi connectivity index (χ1n) is 6.41. The van der Waals surface area contributed by atoms with Crippen molar-refractivity contribution in [1.82, 2.24) is 0 Å². The number of hydrogen-bond donors (Lipinski definition) is 1. The molecular formula is C16H17BrFNO. The van der Waals surface area contributed by atoms with Crippen LogP contribution in [0.5, 0.6) is 0 Å². The average molecular weight is 338 g/mol. The summed E-state index contributed by atoms with van der Waals surface area (Å²) in [7, 11) is 1.90. The third-order valence-electron chi connectivity index (χ3n) is 3.53. The fourth-order valence-corrected chi connectivity index (χ4v) is 2.66. The highest BCUT2D eigenvalue weighted by molar-refractivity contribution is 9.10. The number of aliphatic hydroxyl groups excluding tert-OH is 1. The van der Waals surface area contributed by atoms with Crippen molar-refractivity contribution >= 4 is 21.6 Å². The number of benzene rings is 2. The van der Waals surface area contributed by atoms with Gasteiger partial charge >= 0.3 is 0 Å². The third kappa shape index (κ3) is 3.02. The number of anilines is 1. The number of nitrogens with zero attached hydrogens (tertiary/aromatic N) is 1. The minimum Gasteiger partial charge on any atom is -0.392 e. The van der Waals surface area contributed by atoms with E-state index in [4.69, 9.17) is 0 Å². The minimum absolute atomic E-state index is 0.0525. The maximum Gasteiger partial charge on any atom is 0.128 e. The predicted molar refractivity (Wildman–Crippen MR) is 83.3 cm³/mol. The largest absolute Gasteiger partial charge is 0.392 e. The van der Waals surface area contributed by atoms with Crippen molar-refractivity contribution in [3.8, 4) is 0 Å². The molecule has 0 fully saturated rings. The van der Waals surface area contributed by atoms with Gasteiger partial charge < -0.3 is 10.0 Å². The van der Waals surface area contributed by atoms with Crippen molar-refractivity contribution in [3.63, 3.8) is 0 Å². The molecule has 0 heterocycles. The second-order valence-electron chi connectivity index (χ2n) is 4.74. The highest BCUT2D eigenvalue weighted by Gasteiger charge is 2.17. The van der Waals surface area contributed by atoms with E-state index in [2.05, 4.69) is 15.9 Å². The summed E-state index contributed by atoms with van der Waals surface area (Å²) in [4.78, 5) is 1.97. The molecule has 0 aliphatic heterocycles. The Hall–Kier alpha value is -1.39. The first kappa shape index (κ1) is 15.0. The SMILES string of the molecule is CC(c1ccccc1F)N(C)c1ccc(Br)cc1CO. The van der Waals surface area contributed by atoms with Crippen LogP contribution in [0.4, 0.5) is 10.1 Å². The molecular weight excluding hydrogens is 321 g/mol. The monoisotopic (exact) mass is 337 g/mol. The van der Waals surface area contributed by atoms with Crippen LogP contribution in [0.3, 0.4) is 0 Å². The maximum atomic E-state index is 13.9. The summed E-state index contributed by atoms with van der Waals surface area (Å²) in [5, 5.41) is 9.48. The molecule has 106 valence electrons. The van der Waals surface area contributed by atoms with Crippen molar-refractivity contribution in [2.24, 2.45) is 0 Å². The molecule has 0 spiro atoms. The Labute approximate surface area is 127 Å². The Morgan fingerprint density at radius 2 is 1.95 bits per heavy atom. The summed E-state index contributed by atoms with van der Waals surface area (Å²) in [6.45, 7) is 1.89. The van der Waals surface area contributed by atoms with Crippen molar-refractivity contribution < 1.29 is 9.50 Å². The third-order valence-corrected chi connectivity index (χ3v) is 4.02. The van der Waals surface area contributed by atoms with Gasteiger partial charge in [0.1, 0.15) is 5.82 Å². The first-order valence-corrected chi connectivity index (χ1v) is 7.20. The van der Waals surface area contributed by atoms with E-state index < -0.39 is 0 Å². The molecule has 0 radical (unpaired) electrons. The Morgan fingerprint density at radius 1 is 1.25 bits per heavy atom. The molecule has 4 heteroatoms. The quantitative estimate of drug-likeness (QED) is 0.900. The molecule has 1 atom stereocenters. The predicted octanol–water partition coefficient (Wildman–Crippen LogP) is 4.28. The topological polar surface area (TPSA) is 23.5 Å². The Kier molecular flexibility index (Phi) is 4.78. The number of rotatable bonds is 4. The van der Waals surface area contributed by atoms with Crippen LogP contribution in [-0.4, -0.2) is 12.2 Å². The van der Waals surface area contributed by atoms with Crippen molar-refractivity contribution in [3.05, 3.63) is 63.9 Å². The summed E-state index contributed by atoms with van der Waals surface area (Å²) in [5.41, 5.74) is 2.35. The van der Waals surface area contributed by atoms with Crippen molar-refractivity contribution in [2.75, 3.05) is 11.9 Å². The number of hydrogen-bond acceptors (Lipinski definition) is 2. The van der Waals surface area contributed by atoms with E-state index in [0.717, 1.165) is 15.7 Å².